The van der Waals surface area contributed by atoms with Crippen LogP contribution in [0.1, 0.15) is 28.7 Å². The zero-order chi connectivity index (χ0) is 22.0. The number of aliphatic hydroxyl groups is 2. The molecular weight excluding hydrogens is 462 g/mol. The molecule has 0 heterocycles. The molecule has 3 aromatic rings. The molecule has 31 heavy (non-hydrogen) atoms. The van der Waals surface area contributed by atoms with Crippen molar-refractivity contribution in [2.24, 2.45) is 0 Å². The van der Waals surface area contributed by atoms with Gasteiger partial charge in [0.1, 0.15) is 24.6 Å². The van der Waals surface area contributed by atoms with Crippen LogP contribution in [-0.4, -0.2) is 40.7 Å². The topological polar surface area (TPSA) is 99.0 Å². The second-order valence-corrected chi connectivity index (χ2v) is 8.28. The van der Waals surface area contributed by atoms with Gasteiger partial charge in [0.2, 0.25) is 0 Å². The molecule has 0 spiro atoms. The third-order valence-corrected chi connectivity index (χ3v) is 6.18. The Morgan fingerprint density at radius 2 is 1.61 bits per heavy atom. The molecule has 4 rings (SSSR count). The van der Waals surface area contributed by atoms with Gasteiger partial charge in [0.15, 0.2) is 0 Å². The molecule has 2 unspecified atom stereocenters. The number of aromatic hydroxyl groups is 1. The Hall–Kier alpha value is -2.87. The summed E-state index contributed by atoms with van der Waals surface area (Å²) >= 11 is 3.27. The van der Waals surface area contributed by atoms with E-state index in [0.717, 1.165) is 22.3 Å². The Morgan fingerprint density at radius 3 is 2.26 bits per heavy atom. The molecule has 0 saturated carbocycles. The molecule has 160 valence electrons. The molecular formula is C24H22BrNO5. The minimum atomic E-state index is -1.30. The van der Waals surface area contributed by atoms with Crippen LogP contribution >= 0.6 is 15.9 Å². The molecule has 1 aliphatic carbocycles. The van der Waals surface area contributed by atoms with E-state index < -0.39 is 18.3 Å². The maximum Gasteiger partial charge on any atom is 0.407 e. The van der Waals surface area contributed by atoms with Gasteiger partial charge in [-0.1, -0.05) is 64.5 Å². The molecule has 0 radical (unpaired) electrons. The first-order valence-electron chi connectivity index (χ1n) is 9.89. The summed E-state index contributed by atoms with van der Waals surface area (Å²) in [6, 6.07) is 20.5. The normalized spacial score (nSPS) is 14.4. The van der Waals surface area contributed by atoms with Gasteiger partial charge in [-0.05, 0) is 40.5 Å². The number of phenols is 1. The van der Waals surface area contributed by atoms with E-state index in [1.165, 1.54) is 12.1 Å². The summed E-state index contributed by atoms with van der Waals surface area (Å²) in [6.07, 6.45) is -3.25. The highest BCUT2D eigenvalue weighted by molar-refractivity contribution is 9.10. The zero-order valence-electron chi connectivity index (χ0n) is 16.5. The number of fused-ring (bicyclic) bond motifs is 3. The summed E-state index contributed by atoms with van der Waals surface area (Å²) in [7, 11) is 0. The van der Waals surface area contributed by atoms with E-state index in [1.54, 1.807) is 6.07 Å². The number of halogens is 1. The summed E-state index contributed by atoms with van der Waals surface area (Å²) in [5.74, 6) is -0.0918. The van der Waals surface area contributed by atoms with Gasteiger partial charge in [-0.25, -0.2) is 4.79 Å². The van der Waals surface area contributed by atoms with E-state index >= 15 is 0 Å². The second-order valence-electron chi connectivity index (χ2n) is 7.42. The van der Waals surface area contributed by atoms with Gasteiger partial charge in [0.25, 0.3) is 0 Å². The van der Waals surface area contributed by atoms with Crippen molar-refractivity contribution < 1.29 is 24.9 Å². The number of phenolic OH excluding ortho intramolecular Hbond substituents is 1. The lowest BCUT2D eigenvalue weighted by Gasteiger charge is -2.20. The van der Waals surface area contributed by atoms with Gasteiger partial charge in [-0.15, -0.1) is 0 Å². The number of alkyl carbamates (subject to hydrolysis) is 1. The van der Waals surface area contributed by atoms with Gasteiger partial charge in [0, 0.05) is 22.5 Å². The predicted octanol–water partition coefficient (Wildman–Crippen LogP) is 4.09. The van der Waals surface area contributed by atoms with Crippen LogP contribution in [0, 0.1) is 0 Å². The summed E-state index contributed by atoms with van der Waals surface area (Å²) in [4.78, 5) is 12.2. The number of nitrogens with one attached hydrogen (secondary N) is 1. The fourth-order valence-corrected chi connectivity index (χ4v) is 4.40. The summed E-state index contributed by atoms with van der Waals surface area (Å²) in [5.41, 5.74) is 4.83. The van der Waals surface area contributed by atoms with Crippen molar-refractivity contribution >= 4 is 22.0 Å². The Bertz CT molecular complexity index is 1060. The molecule has 7 heteroatoms. The second kappa shape index (κ2) is 9.09. The van der Waals surface area contributed by atoms with E-state index in [2.05, 4.69) is 33.4 Å². The Kier molecular flexibility index (Phi) is 6.27. The fraction of sp³-hybridized carbons (Fsp3) is 0.208. The van der Waals surface area contributed by atoms with Crippen LogP contribution in [0.3, 0.4) is 0 Å². The average Bonchev–Trinajstić information content (AvgIpc) is 3.11. The average molecular weight is 484 g/mol. The Labute approximate surface area is 188 Å². The van der Waals surface area contributed by atoms with Crippen LogP contribution < -0.4 is 5.32 Å². The molecule has 0 fully saturated rings. The molecule has 3 aromatic carbocycles. The van der Waals surface area contributed by atoms with E-state index in [9.17, 15) is 20.1 Å². The number of hydrogen-bond acceptors (Lipinski definition) is 5. The van der Waals surface area contributed by atoms with Crippen LogP contribution in [0.15, 0.2) is 71.2 Å². The smallest absolute Gasteiger partial charge is 0.407 e. The van der Waals surface area contributed by atoms with Crippen LogP contribution in [0.2, 0.25) is 0 Å². The van der Waals surface area contributed by atoms with E-state index in [0.29, 0.717) is 10.0 Å². The monoisotopic (exact) mass is 483 g/mol. The van der Waals surface area contributed by atoms with Crippen molar-refractivity contribution in [1.82, 2.24) is 5.32 Å². The largest absolute Gasteiger partial charge is 0.508 e. The molecule has 0 aliphatic heterocycles. The van der Waals surface area contributed by atoms with Crippen molar-refractivity contribution in [2.75, 3.05) is 13.2 Å². The predicted molar refractivity (Wildman–Crippen MR) is 120 cm³/mol. The van der Waals surface area contributed by atoms with Gasteiger partial charge in [0.05, 0.1) is 0 Å². The SMILES string of the molecule is O=C(NCC(O)C(O)c1cc(O)ccc1Br)OCC1c2ccccc2-c2ccccc21. The maximum atomic E-state index is 12.2. The molecule has 2 atom stereocenters. The Morgan fingerprint density at radius 1 is 1.00 bits per heavy atom. The van der Waals surface area contributed by atoms with E-state index in [1.807, 2.05) is 36.4 Å². The highest BCUT2D eigenvalue weighted by atomic mass is 79.9. The standard InChI is InChI=1S/C24H22BrNO5/c25-21-10-9-14(27)11-19(21)23(29)22(28)12-26-24(30)31-13-20-17-7-3-1-5-15(17)16-6-2-4-8-18(16)20/h1-11,20,22-23,27-29H,12-13H2,(H,26,30). The number of carbonyl (C=O) groups is 1. The van der Waals surface area contributed by atoms with Crippen LogP contribution in [0.25, 0.3) is 11.1 Å². The first kappa shape index (κ1) is 21.4. The number of benzene rings is 3. The number of ether oxygens (including phenoxy) is 1. The van der Waals surface area contributed by atoms with E-state index in [-0.39, 0.29) is 24.8 Å². The lowest BCUT2D eigenvalue weighted by molar-refractivity contribution is 0.0180. The van der Waals surface area contributed by atoms with Crippen molar-refractivity contribution in [3.8, 4) is 16.9 Å². The Balaban J connectivity index is 1.35. The van der Waals surface area contributed by atoms with Crippen molar-refractivity contribution in [2.45, 2.75) is 18.1 Å². The molecule has 1 aliphatic rings. The fourth-order valence-electron chi connectivity index (χ4n) is 3.91. The van der Waals surface area contributed by atoms with Crippen molar-refractivity contribution in [1.29, 1.82) is 0 Å². The summed E-state index contributed by atoms with van der Waals surface area (Å²) in [6.45, 7) is -0.0451. The van der Waals surface area contributed by atoms with Crippen molar-refractivity contribution in [3.05, 3.63) is 87.9 Å². The van der Waals surface area contributed by atoms with Crippen LogP contribution in [-0.2, 0) is 4.74 Å². The highest BCUT2D eigenvalue weighted by Gasteiger charge is 2.29. The maximum absolute atomic E-state index is 12.2. The highest BCUT2D eigenvalue weighted by Crippen LogP contribution is 2.44. The summed E-state index contributed by atoms with van der Waals surface area (Å²) < 4.78 is 5.97. The van der Waals surface area contributed by atoms with Crippen LogP contribution in [0.4, 0.5) is 4.79 Å². The van der Waals surface area contributed by atoms with Gasteiger partial charge >= 0.3 is 6.09 Å². The van der Waals surface area contributed by atoms with Crippen molar-refractivity contribution in [3.63, 3.8) is 0 Å². The third kappa shape index (κ3) is 4.44. The number of carbonyl (C=O) groups excluding carboxylic acids is 1. The molecule has 4 N–H and O–H groups in total. The lowest BCUT2D eigenvalue weighted by atomic mass is 9.98. The quantitative estimate of drug-likeness (QED) is 0.423. The van der Waals surface area contributed by atoms with Gasteiger partial charge in [-0.2, -0.15) is 0 Å². The molecule has 1 amide bonds. The number of hydrogen-bond donors (Lipinski definition) is 4. The number of aliphatic hydroxyl groups excluding tert-OH is 2. The molecule has 0 saturated heterocycles. The minimum absolute atomic E-state index is 0.0334. The van der Waals surface area contributed by atoms with Gasteiger partial charge < -0.3 is 25.4 Å². The number of rotatable bonds is 6. The first-order valence-corrected chi connectivity index (χ1v) is 10.7. The zero-order valence-corrected chi connectivity index (χ0v) is 18.1. The molecule has 0 aromatic heterocycles. The molecule has 6 nitrogen and oxygen atoms in total. The molecule has 0 bridgehead atoms. The van der Waals surface area contributed by atoms with Gasteiger partial charge in [-0.3, -0.25) is 0 Å². The number of amides is 1. The minimum Gasteiger partial charge on any atom is -0.508 e. The first-order chi connectivity index (χ1) is 15.0. The lowest BCUT2D eigenvalue weighted by Crippen LogP contribution is -2.36. The van der Waals surface area contributed by atoms with Crippen LogP contribution in [0.5, 0.6) is 5.75 Å². The summed E-state index contributed by atoms with van der Waals surface area (Å²) in [5, 5.41) is 32.7. The van der Waals surface area contributed by atoms with E-state index in [4.69, 9.17) is 4.74 Å². The third-order valence-electron chi connectivity index (χ3n) is 5.46.